The van der Waals surface area contributed by atoms with Gasteiger partial charge in [0.25, 0.3) is 0 Å². The number of nitrogens with one attached hydrogen (secondary N) is 1. The summed E-state index contributed by atoms with van der Waals surface area (Å²) in [5.41, 5.74) is -0.407. The Morgan fingerprint density at radius 2 is 2.13 bits per heavy atom. The monoisotopic (exact) mass is 347 g/mol. The number of benzene rings is 1. The van der Waals surface area contributed by atoms with E-state index >= 15 is 0 Å². The first-order valence-electron chi connectivity index (χ1n) is 7.26. The lowest BCUT2D eigenvalue weighted by molar-refractivity contribution is -0.137. The molecule has 3 rings (SSSR count). The van der Waals surface area contributed by atoms with Gasteiger partial charge in [-0.3, -0.25) is 0 Å². The predicted octanol–water partition coefficient (Wildman–Crippen LogP) is 3.86. The fourth-order valence-electron chi connectivity index (χ4n) is 2.61. The molecule has 0 spiro atoms. The molecule has 0 radical (unpaired) electrons. The predicted molar refractivity (Wildman–Crippen MR) is 81.3 cm³/mol. The summed E-state index contributed by atoms with van der Waals surface area (Å²) in [6, 6.07) is 5.41. The molecule has 1 unspecified atom stereocenters. The molecular formula is C15H17ClF3N3O. The summed E-state index contributed by atoms with van der Waals surface area (Å²) in [5, 5.41) is 7.16. The van der Waals surface area contributed by atoms with Gasteiger partial charge in [-0.2, -0.15) is 18.2 Å². The Kier molecular flexibility index (Phi) is 5.64. The van der Waals surface area contributed by atoms with E-state index in [9.17, 15) is 13.2 Å². The fraction of sp³-hybridized carbons (Fsp3) is 0.467. The molecule has 1 aromatic carbocycles. The van der Waals surface area contributed by atoms with Crippen molar-refractivity contribution in [3.8, 4) is 11.4 Å². The number of hydrogen-bond donors (Lipinski definition) is 1. The van der Waals surface area contributed by atoms with Gasteiger partial charge in [0, 0.05) is 18.0 Å². The van der Waals surface area contributed by atoms with Crippen LogP contribution in [0.3, 0.4) is 0 Å². The molecule has 1 saturated heterocycles. The van der Waals surface area contributed by atoms with Gasteiger partial charge in [0.05, 0.1) is 5.56 Å². The van der Waals surface area contributed by atoms with E-state index in [2.05, 4.69) is 15.5 Å². The number of alkyl halides is 3. The van der Waals surface area contributed by atoms with Gasteiger partial charge < -0.3 is 9.84 Å². The zero-order chi connectivity index (χ0) is 15.6. The van der Waals surface area contributed by atoms with Crippen LogP contribution >= 0.6 is 12.4 Å². The molecule has 1 atom stereocenters. The van der Waals surface area contributed by atoms with E-state index in [1.54, 1.807) is 6.07 Å². The van der Waals surface area contributed by atoms with Crippen molar-refractivity contribution in [3.63, 3.8) is 0 Å². The van der Waals surface area contributed by atoms with Crippen molar-refractivity contribution in [1.82, 2.24) is 15.5 Å². The summed E-state index contributed by atoms with van der Waals surface area (Å²) >= 11 is 0. The van der Waals surface area contributed by atoms with E-state index in [4.69, 9.17) is 4.52 Å². The molecule has 4 nitrogen and oxygen atoms in total. The van der Waals surface area contributed by atoms with Crippen molar-refractivity contribution < 1.29 is 17.7 Å². The normalized spacial score (nSPS) is 18.0. The highest BCUT2D eigenvalue weighted by Gasteiger charge is 2.30. The van der Waals surface area contributed by atoms with E-state index in [0.29, 0.717) is 23.9 Å². The molecule has 23 heavy (non-hydrogen) atoms. The SMILES string of the molecule is Cl.FC(F)(F)c1cccc(-c2noc(CCC3CCCN3)n2)c1. The van der Waals surface area contributed by atoms with E-state index in [0.717, 1.165) is 31.5 Å². The van der Waals surface area contributed by atoms with Gasteiger partial charge in [-0.15, -0.1) is 12.4 Å². The van der Waals surface area contributed by atoms with Gasteiger partial charge in [0.1, 0.15) is 0 Å². The highest BCUT2D eigenvalue weighted by atomic mass is 35.5. The zero-order valence-corrected chi connectivity index (χ0v) is 13.1. The number of nitrogens with zero attached hydrogens (tertiary/aromatic N) is 2. The second-order valence-electron chi connectivity index (χ2n) is 5.42. The van der Waals surface area contributed by atoms with Crippen LogP contribution < -0.4 is 5.32 Å². The summed E-state index contributed by atoms with van der Waals surface area (Å²) in [4.78, 5) is 4.19. The Labute approximate surface area is 137 Å². The van der Waals surface area contributed by atoms with Crippen molar-refractivity contribution in [2.45, 2.75) is 37.9 Å². The second kappa shape index (κ2) is 7.31. The molecule has 2 heterocycles. The lowest BCUT2D eigenvalue weighted by Gasteiger charge is -2.07. The summed E-state index contributed by atoms with van der Waals surface area (Å²) in [5.74, 6) is 0.654. The van der Waals surface area contributed by atoms with E-state index in [1.807, 2.05) is 0 Å². The molecule has 2 aromatic rings. The molecule has 1 aliphatic rings. The summed E-state index contributed by atoms with van der Waals surface area (Å²) in [6.07, 6.45) is -0.552. The molecule has 126 valence electrons. The van der Waals surface area contributed by atoms with Crippen molar-refractivity contribution in [2.75, 3.05) is 6.54 Å². The third-order valence-electron chi connectivity index (χ3n) is 3.79. The number of aromatic nitrogens is 2. The minimum atomic E-state index is -4.38. The van der Waals surface area contributed by atoms with Crippen molar-refractivity contribution >= 4 is 12.4 Å². The Morgan fingerprint density at radius 1 is 1.30 bits per heavy atom. The number of aryl methyl sites for hydroxylation is 1. The highest BCUT2D eigenvalue weighted by molar-refractivity contribution is 5.85. The quantitative estimate of drug-likeness (QED) is 0.912. The van der Waals surface area contributed by atoms with E-state index < -0.39 is 11.7 Å². The lowest BCUT2D eigenvalue weighted by Crippen LogP contribution is -2.21. The van der Waals surface area contributed by atoms with E-state index in [-0.39, 0.29) is 18.2 Å². The Hall–Kier alpha value is -1.60. The molecule has 8 heteroatoms. The Balaban J connectivity index is 0.00000192. The highest BCUT2D eigenvalue weighted by Crippen LogP contribution is 2.31. The van der Waals surface area contributed by atoms with Crippen LogP contribution in [-0.4, -0.2) is 22.7 Å². The molecule has 1 aliphatic heterocycles. The van der Waals surface area contributed by atoms with Crippen LogP contribution in [-0.2, 0) is 12.6 Å². The first-order chi connectivity index (χ1) is 10.5. The minimum absolute atomic E-state index is 0. The Bertz CT molecular complexity index is 639. The van der Waals surface area contributed by atoms with Gasteiger partial charge in [0.15, 0.2) is 0 Å². The summed E-state index contributed by atoms with van der Waals surface area (Å²) in [6.45, 7) is 1.03. The van der Waals surface area contributed by atoms with Gasteiger partial charge in [-0.1, -0.05) is 17.3 Å². The van der Waals surface area contributed by atoms with Crippen LogP contribution in [0, 0.1) is 0 Å². The first kappa shape index (κ1) is 17.7. The maximum Gasteiger partial charge on any atom is 0.416 e. The first-order valence-corrected chi connectivity index (χ1v) is 7.26. The molecule has 0 amide bonds. The molecule has 1 fully saturated rings. The van der Waals surface area contributed by atoms with Crippen molar-refractivity contribution in [3.05, 3.63) is 35.7 Å². The smallest absolute Gasteiger partial charge is 0.339 e. The Morgan fingerprint density at radius 3 is 2.83 bits per heavy atom. The largest absolute Gasteiger partial charge is 0.416 e. The summed E-state index contributed by atoms with van der Waals surface area (Å²) < 4.78 is 43.3. The van der Waals surface area contributed by atoms with E-state index in [1.165, 1.54) is 12.5 Å². The molecule has 1 N–H and O–H groups in total. The van der Waals surface area contributed by atoms with Gasteiger partial charge in [-0.05, 0) is 37.9 Å². The molecule has 0 aliphatic carbocycles. The third kappa shape index (κ3) is 4.45. The number of hydrogen-bond acceptors (Lipinski definition) is 4. The number of rotatable bonds is 4. The van der Waals surface area contributed by atoms with Crippen molar-refractivity contribution in [2.24, 2.45) is 0 Å². The van der Waals surface area contributed by atoms with Crippen LogP contribution in [0.15, 0.2) is 28.8 Å². The van der Waals surface area contributed by atoms with Gasteiger partial charge >= 0.3 is 6.18 Å². The van der Waals surface area contributed by atoms with Crippen LogP contribution in [0.25, 0.3) is 11.4 Å². The topological polar surface area (TPSA) is 51.0 Å². The lowest BCUT2D eigenvalue weighted by atomic mass is 10.1. The average molecular weight is 348 g/mol. The maximum atomic E-state index is 12.7. The zero-order valence-electron chi connectivity index (χ0n) is 12.3. The average Bonchev–Trinajstić information content (AvgIpc) is 3.16. The maximum absolute atomic E-state index is 12.7. The van der Waals surface area contributed by atoms with Gasteiger partial charge in [0.2, 0.25) is 11.7 Å². The van der Waals surface area contributed by atoms with Crippen LogP contribution in [0.2, 0.25) is 0 Å². The van der Waals surface area contributed by atoms with Gasteiger partial charge in [-0.25, -0.2) is 0 Å². The van der Waals surface area contributed by atoms with Crippen LogP contribution in [0.4, 0.5) is 13.2 Å². The second-order valence-corrected chi connectivity index (χ2v) is 5.42. The molecule has 0 saturated carbocycles. The summed E-state index contributed by atoms with van der Waals surface area (Å²) in [7, 11) is 0. The van der Waals surface area contributed by atoms with Crippen molar-refractivity contribution in [1.29, 1.82) is 0 Å². The van der Waals surface area contributed by atoms with Crippen LogP contribution in [0.1, 0.15) is 30.7 Å². The number of halogens is 4. The fourth-order valence-corrected chi connectivity index (χ4v) is 2.61. The minimum Gasteiger partial charge on any atom is -0.339 e. The van der Waals surface area contributed by atoms with Crippen LogP contribution in [0.5, 0.6) is 0 Å². The molecule has 1 aromatic heterocycles. The molecule has 0 bridgehead atoms. The standard InChI is InChI=1S/C15H16F3N3O.ClH/c16-15(17,18)11-4-1-3-10(9-11)14-20-13(22-21-14)7-6-12-5-2-8-19-12;/h1,3-4,9,12,19H,2,5-8H2;1H. The molecular weight excluding hydrogens is 331 g/mol. The third-order valence-corrected chi connectivity index (χ3v) is 3.79.